The summed E-state index contributed by atoms with van der Waals surface area (Å²) in [5, 5.41) is 2.76. The van der Waals surface area contributed by atoms with E-state index in [1.165, 1.54) is 0 Å². The molecule has 92 valence electrons. The molecule has 0 saturated carbocycles. The molecule has 5 heteroatoms. The number of halogens is 2. The number of pyridine rings is 1. The van der Waals surface area contributed by atoms with Crippen LogP contribution in [-0.2, 0) is 0 Å². The van der Waals surface area contributed by atoms with E-state index < -0.39 is 0 Å². The Morgan fingerprint density at radius 3 is 2.72 bits per heavy atom. The minimum atomic E-state index is -0.153. The highest BCUT2D eigenvalue weighted by Crippen LogP contribution is 2.18. The number of hydrogen-bond acceptors (Lipinski definition) is 2. The maximum atomic E-state index is 12.0. The normalized spacial score (nSPS) is 10.2. The highest BCUT2D eigenvalue weighted by atomic mass is 127. The van der Waals surface area contributed by atoms with E-state index >= 15 is 0 Å². The fraction of sp³-hybridized carbons (Fsp3) is 0.0769. The predicted octanol–water partition coefficient (Wildman–Crippen LogP) is 4.01. The van der Waals surface area contributed by atoms with E-state index in [-0.39, 0.29) is 5.91 Å². The molecule has 3 nitrogen and oxygen atoms in total. The summed E-state index contributed by atoms with van der Waals surface area (Å²) in [6.45, 7) is 1.95. The van der Waals surface area contributed by atoms with Gasteiger partial charge in [0, 0.05) is 19.8 Å². The Labute approximate surface area is 127 Å². The number of nitrogens with one attached hydrogen (secondary N) is 1. The van der Waals surface area contributed by atoms with Crippen LogP contribution in [0.5, 0.6) is 0 Å². The lowest BCUT2D eigenvalue weighted by molar-refractivity contribution is 0.102. The lowest BCUT2D eigenvalue weighted by atomic mass is 10.1. The van der Waals surface area contributed by atoms with Gasteiger partial charge in [-0.1, -0.05) is 15.9 Å². The molecule has 18 heavy (non-hydrogen) atoms. The molecule has 1 amide bonds. The van der Waals surface area contributed by atoms with Crippen LogP contribution in [0.2, 0.25) is 0 Å². The van der Waals surface area contributed by atoms with Gasteiger partial charge >= 0.3 is 0 Å². The Morgan fingerprint density at radius 1 is 1.33 bits per heavy atom. The van der Waals surface area contributed by atoms with Crippen LogP contribution in [0, 0.1) is 10.5 Å². The van der Waals surface area contributed by atoms with Crippen molar-refractivity contribution < 1.29 is 4.79 Å². The lowest BCUT2D eigenvalue weighted by Gasteiger charge is -2.06. The van der Waals surface area contributed by atoms with Crippen molar-refractivity contribution in [3.8, 4) is 0 Å². The second-order valence-electron chi connectivity index (χ2n) is 3.78. The van der Waals surface area contributed by atoms with Crippen LogP contribution in [0.25, 0.3) is 0 Å². The number of aryl methyl sites for hydroxylation is 1. The number of anilines is 1. The van der Waals surface area contributed by atoms with Crippen LogP contribution >= 0.6 is 38.5 Å². The van der Waals surface area contributed by atoms with E-state index in [1.807, 2.05) is 25.1 Å². The Hall–Kier alpha value is -0.950. The molecule has 0 bridgehead atoms. The first-order valence-electron chi connectivity index (χ1n) is 5.25. The fourth-order valence-electron chi connectivity index (χ4n) is 1.42. The third-order valence-corrected chi connectivity index (χ3v) is 3.92. The smallest absolute Gasteiger partial charge is 0.256 e. The SMILES string of the molecule is Cc1cc(C(=O)Nc2ccc(I)cn2)ccc1Br. The van der Waals surface area contributed by atoms with Gasteiger partial charge in [-0.3, -0.25) is 4.79 Å². The van der Waals surface area contributed by atoms with Gasteiger partial charge in [0.2, 0.25) is 0 Å². The molecule has 1 heterocycles. The van der Waals surface area contributed by atoms with Gasteiger partial charge in [0.1, 0.15) is 5.82 Å². The molecule has 0 atom stereocenters. The van der Waals surface area contributed by atoms with E-state index in [2.05, 4.69) is 48.8 Å². The van der Waals surface area contributed by atoms with Crippen molar-refractivity contribution >= 4 is 50.2 Å². The van der Waals surface area contributed by atoms with E-state index in [1.54, 1.807) is 18.3 Å². The summed E-state index contributed by atoms with van der Waals surface area (Å²) < 4.78 is 2.02. The van der Waals surface area contributed by atoms with Crippen LogP contribution in [0.3, 0.4) is 0 Å². The zero-order valence-corrected chi connectivity index (χ0v) is 13.3. The molecule has 0 aliphatic carbocycles. The maximum Gasteiger partial charge on any atom is 0.256 e. The van der Waals surface area contributed by atoms with Crippen molar-refractivity contribution in [1.29, 1.82) is 0 Å². The number of benzene rings is 1. The number of amides is 1. The number of rotatable bonds is 2. The van der Waals surface area contributed by atoms with E-state index in [9.17, 15) is 4.79 Å². The topological polar surface area (TPSA) is 42.0 Å². The zero-order valence-electron chi connectivity index (χ0n) is 9.58. The van der Waals surface area contributed by atoms with E-state index in [0.717, 1.165) is 13.6 Å². The molecule has 2 aromatic rings. The third-order valence-electron chi connectivity index (χ3n) is 2.39. The molecule has 2 rings (SSSR count). The Balaban J connectivity index is 2.16. The monoisotopic (exact) mass is 416 g/mol. The summed E-state index contributed by atoms with van der Waals surface area (Å²) in [4.78, 5) is 16.1. The van der Waals surface area contributed by atoms with Crippen LogP contribution in [0.15, 0.2) is 41.0 Å². The van der Waals surface area contributed by atoms with Gasteiger partial charge in [0.15, 0.2) is 0 Å². The second-order valence-corrected chi connectivity index (χ2v) is 5.88. The first-order chi connectivity index (χ1) is 8.56. The van der Waals surface area contributed by atoms with Crippen LogP contribution in [0.1, 0.15) is 15.9 Å². The van der Waals surface area contributed by atoms with E-state index in [4.69, 9.17) is 0 Å². The maximum absolute atomic E-state index is 12.0. The first-order valence-corrected chi connectivity index (χ1v) is 7.12. The predicted molar refractivity (Wildman–Crippen MR) is 83.8 cm³/mol. The molecule has 1 aromatic heterocycles. The largest absolute Gasteiger partial charge is 0.307 e. The van der Waals surface area contributed by atoms with Crippen molar-refractivity contribution in [2.24, 2.45) is 0 Å². The van der Waals surface area contributed by atoms with Crippen molar-refractivity contribution in [3.05, 3.63) is 55.7 Å². The molecule has 0 unspecified atom stereocenters. The molecule has 1 N–H and O–H groups in total. The summed E-state index contributed by atoms with van der Waals surface area (Å²) in [5.41, 5.74) is 1.65. The summed E-state index contributed by atoms with van der Waals surface area (Å²) in [6, 6.07) is 9.16. The number of carbonyl (C=O) groups is 1. The highest BCUT2D eigenvalue weighted by Gasteiger charge is 2.07. The van der Waals surface area contributed by atoms with Crippen molar-refractivity contribution in [2.75, 3.05) is 5.32 Å². The van der Waals surface area contributed by atoms with Crippen molar-refractivity contribution in [2.45, 2.75) is 6.92 Å². The molecule has 0 aliphatic heterocycles. The third kappa shape index (κ3) is 3.29. The van der Waals surface area contributed by atoms with Gasteiger partial charge < -0.3 is 5.32 Å². The Morgan fingerprint density at radius 2 is 2.11 bits per heavy atom. The van der Waals surface area contributed by atoms with Gasteiger partial charge in [0.05, 0.1) is 0 Å². The lowest BCUT2D eigenvalue weighted by Crippen LogP contribution is -2.13. The first kappa shape index (κ1) is 13.5. The fourth-order valence-corrected chi connectivity index (χ4v) is 1.99. The minimum absolute atomic E-state index is 0.153. The highest BCUT2D eigenvalue weighted by molar-refractivity contribution is 14.1. The molecule has 0 radical (unpaired) electrons. The molecular weight excluding hydrogens is 407 g/mol. The summed E-state index contributed by atoms with van der Waals surface area (Å²) in [5.74, 6) is 0.403. The average Bonchev–Trinajstić information content (AvgIpc) is 2.35. The standard InChI is InChI=1S/C13H10BrIN2O/c1-8-6-9(2-4-11(8)14)13(18)17-12-5-3-10(15)7-16-12/h2-7H,1H3,(H,16,17,18). The number of carbonyl (C=O) groups excluding carboxylic acids is 1. The molecule has 0 saturated heterocycles. The van der Waals surface area contributed by atoms with Gasteiger partial charge in [-0.2, -0.15) is 0 Å². The molecule has 0 aliphatic rings. The van der Waals surface area contributed by atoms with Crippen LogP contribution in [0.4, 0.5) is 5.82 Å². The van der Waals surface area contributed by atoms with Crippen molar-refractivity contribution in [3.63, 3.8) is 0 Å². The Kier molecular flexibility index (Phi) is 4.34. The van der Waals surface area contributed by atoms with Gasteiger partial charge in [-0.15, -0.1) is 0 Å². The van der Waals surface area contributed by atoms with Gasteiger partial charge in [0.25, 0.3) is 5.91 Å². The Bertz CT molecular complexity index is 584. The minimum Gasteiger partial charge on any atom is -0.307 e. The van der Waals surface area contributed by atoms with Crippen molar-refractivity contribution in [1.82, 2.24) is 4.98 Å². The summed E-state index contributed by atoms with van der Waals surface area (Å²) >= 11 is 5.58. The molecule has 0 fully saturated rings. The number of hydrogen-bond donors (Lipinski definition) is 1. The van der Waals surface area contributed by atoms with Gasteiger partial charge in [-0.25, -0.2) is 4.98 Å². The zero-order chi connectivity index (χ0) is 13.1. The quantitative estimate of drug-likeness (QED) is 0.751. The number of aromatic nitrogens is 1. The summed E-state index contributed by atoms with van der Waals surface area (Å²) in [7, 11) is 0. The number of nitrogens with zero attached hydrogens (tertiary/aromatic N) is 1. The van der Waals surface area contributed by atoms with E-state index in [0.29, 0.717) is 11.4 Å². The molecular formula is C13H10BrIN2O. The summed E-state index contributed by atoms with van der Waals surface area (Å²) in [6.07, 6.45) is 1.71. The molecule has 1 aromatic carbocycles. The second kappa shape index (κ2) is 5.79. The molecule has 0 spiro atoms. The van der Waals surface area contributed by atoms with Crippen LogP contribution in [-0.4, -0.2) is 10.9 Å². The van der Waals surface area contributed by atoms with Gasteiger partial charge in [-0.05, 0) is 65.4 Å². The average molecular weight is 417 g/mol. The van der Waals surface area contributed by atoms with Crippen LogP contribution < -0.4 is 5.32 Å².